The lowest BCUT2D eigenvalue weighted by atomic mass is 10.1. The molecule has 1 aromatic rings. The molecule has 21 heavy (non-hydrogen) atoms. The van der Waals surface area contributed by atoms with Gasteiger partial charge in [-0.1, -0.05) is 30.8 Å². The number of hydrogen-bond acceptors (Lipinski definition) is 4. The van der Waals surface area contributed by atoms with Gasteiger partial charge in [0.1, 0.15) is 6.04 Å². The number of amides is 3. The van der Waals surface area contributed by atoms with Crippen molar-refractivity contribution >= 4 is 34.5 Å². The Bertz CT molecular complexity index is 562. The smallest absolute Gasteiger partial charge is 0.279 e. The summed E-state index contributed by atoms with van der Waals surface area (Å²) in [5.41, 5.74) is 1.83. The topological polar surface area (TPSA) is 87.3 Å². The Morgan fingerprint density at radius 3 is 2.90 bits per heavy atom. The third kappa shape index (κ3) is 4.49. The van der Waals surface area contributed by atoms with Crippen molar-refractivity contribution < 1.29 is 14.4 Å². The molecular formula is C14H17N3O3S. The highest BCUT2D eigenvalue weighted by molar-refractivity contribution is 8.14. The second kappa shape index (κ2) is 7.12. The Morgan fingerprint density at radius 1 is 1.43 bits per heavy atom. The van der Waals surface area contributed by atoms with Gasteiger partial charge >= 0.3 is 0 Å². The van der Waals surface area contributed by atoms with Crippen molar-refractivity contribution in [3.8, 4) is 0 Å². The van der Waals surface area contributed by atoms with Crippen LogP contribution in [0.3, 0.4) is 0 Å². The average Bonchev–Trinajstić information content (AvgIpc) is 2.91. The molecule has 3 N–H and O–H groups in total. The molecular weight excluding hydrogens is 290 g/mol. The number of anilines is 1. The summed E-state index contributed by atoms with van der Waals surface area (Å²) in [6, 6.07) is 7.00. The second-order valence-corrected chi connectivity index (χ2v) is 5.61. The van der Waals surface area contributed by atoms with E-state index in [1.165, 1.54) is 0 Å². The van der Waals surface area contributed by atoms with Gasteiger partial charge in [-0.15, -0.1) is 0 Å². The van der Waals surface area contributed by atoms with E-state index in [-0.39, 0.29) is 23.6 Å². The van der Waals surface area contributed by atoms with Crippen molar-refractivity contribution in [2.75, 3.05) is 17.6 Å². The van der Waals surface area contributed by atoms with Crippen LogP contribution in [0.2, 0.25) is 0 Å². The zero-order valence-corrected chi connectivity index (χ0v) is 12.5. The molecule has 0 radical (unpaired) electrons. The first-order chi connectivity index (χ1) is 10.1. The maximum atomic E-state index is 11.8. The summed E-state index contributed by atoms with van der Waals surface area (Å²) in [6.07, 6.45) is 0.888. The van der Waals surface area contributed by atoms with E-state index in [4.69, 9.17) is 0 Å². The van der Waals surface area contributed by atoms with Crippen LogP contribution < -0.4 is 16.0 Å². The van der Waals surface area contributed by atoms with E-state index in [0.717, 1.165) is 23.7 Å². The van der Waals surface area contributed by atoms with E-state index in [2.05, 4.69) is 16.0 Å². The van der Waals surface area contributed by atoms with E-state index in [9.17, 15) is 14.4 Å². The minimum Gasteiger partial charge on any atom is -0.345 e. The van der Waals surface area contributed by atoms with Crippen molar-refractivity contribution in [1.82, 2.24) is 10.6 Å². The standard InChI is InChI=1S/C14H17N3O3S/c1-2-9-4-3-5-10(6-9)16-12(18)7-15-13(19)11-8-21-14(20)17-11/h3-6,11H,2,7-8H2,1H3,(H,15,19)(H,16,18)(H,17,20)/t11-/m0/s1. The van der Waals surface area contributed by atoms with E-state index in [1.54, 1.807) is 6.07 Å². The molecule has 0 bridgehead atoms. The summed E-state index contributed by atoms with van der Waals surface area (Å²) in [5, 5.41) is 7.55. The van der Waals surface area contributed by atoms with Crippen molar-refractivity contribution in [2.24, 2.45) is 0 Å². The maximum absolute atomic E-state index is 11.8. The number of aryl methyl sites for hydroxylation is 1. The Balaban J connectivity index is 1.79. The molecule has 1 aliphatic heterocycles. The first-order valence-corrected chi connectivity index (χ1v) is 7.67. The normalized spacial score (nSPS) is 17.2. The Labute approximate surface area is 127 Å². The van der Waals surface area contributed by atoms with Crippen LogP contribution >= 0.6 is 11.8 Å². The first kappa shape index (κ1) is 15.4. The third-order valence-electron chi connectivity index (χ3n) is 3.03. The monoisotopic (exact) mass is 307 g/mol. The van der Waals surface area contributed by atoms with Crippen molar-refractivity contribution in [1.29, 1.82) is 0 Å². The van der Waals surface area contributed by atoms with Gasteiger partial charge in [0, 0.05) is 11.4 Å². The van der Waals surface area contributed by atoms with E-state index in [1.807, 2.05) is 25.1 Å². The van der Waals surface area contributed by atoms with Crippen LogP contribution in [0.15, 0.2) is 24.3 Å². The van der Waals surface area contributed by atoms with Gasteiger partial charge < -0.3 is 16.0 Å². The molecule has 0 spiro atoms. The van der Waals surface area contributed by atoms with Gasteiger partial charge in [0.25, 0.3) is 5.24 Å². The highest BCUT2D eigenvalue weighted by Crippen LogP contribution is 2.13. The quantitative estimate of drug-likeness (QED) is 0.761. The molecule has 1 atom stereocenters. The summed E-state index contributed by atoms with van der Waals surface area (Å²) in [6.45, 7) is 1.92. The highest BCUT2D eigenvalue weighted by Gasteiger charge is 2.27. The zero-order chi connectivity index (χ0) is 15.2. The van der Waals surface area contributed by atoms with Crippen molar-refractivity contribution in [3.63, 3.8) is 0 Å². The molecule has 1 heterocycles. The molecule has 0 aliphatic carbocycles. The van der Waals surface area contributed by atoms with E-state index >= 15 is 0 Å². The molecule has 6 nitrogen and oxygen atoms in total. The zero-order valence-electron chi connectivity index (χ0n) is 11.6. The molecule has 1 aliphatic rings. The lowest BCUT2D eigenvalue weighted by molar-refractivity contribution is -0.125. The highest BCUT2D eigenvalue weighted by atomic mass is 32.2. The fourth-order valence-corrected chi connectivity index (χ4v) is 2.67. The van der Waals surface area contributed by atoms with Crippen LogP contribution in [0.25, 0.3) is 0 Å². The van der Waals surface area contributed by atoms with Crippen molar-refractivity contribution in [2.45, 2.75) is 19.4 Å². The average molecular weight is 307 g/mol. The predicted molar refractivity (Wildman–Crippen MR) is 82.2 cm³/mol. The summed E-state index contributed by atoms with van der Waals surface area (Å²) in [7, 11) is 0. The summed E-state index contributed by atoms with van der Waals surface area (Å²) >= 11 is 1.06. The molecule has 1 aromatic carbocycles. The number of carbonyl (C=O) groups is 3. The Morgan fingerprint density at radius 2 is 2.24 bits per heavy atom. The number of carbonyl (C=O) groups excluding carboxylic acids is 3. The van der Waals surface area contributed by atoms with Crippen molar-refractivity contribution in [3.05, 3.63) is 29.8 Å². The molecule has 3 amide bonds. The van der Waals surface area contributed by atoms with Crippen LogP contribution in [0.1, 0.15) is 12.5 Å². The van der Waals surface area contributed by atoms with Crippen LogP contribution in [0.4, 0.5) is 10.5 Å². The fourth-order valence-electron chi connectivity index (χ4n) is 1.89. The number of rotatable bonds is 5. The Kier molecular flexibility index (Phi) is 5.21. The second-order valence-electron chi connectivity index (χ2n) is 4.62. The molecule has 0 saturated carbocycles. The largest absolute Gasteiger partial charge is 0.345 e. The minimum absolute atomic E-state index is 0.119. The summed E-state index contributed by atoms with van der Waals surface area (Å²) in [5.74, 6) is -0.246. The number of nitrogens with one attached hydrogen (secondary N) is 3. The SMILES string of the molecule is CCc1cccc(NC(=O)CNC(=O)[C@@H]2CSC(=O)N2)c1. The summed E-state index contributed by atoms with van der Waals surface area (Å²) in [4.78, 5) is 34.5. The molecule has 0 aromatic heterocycles. The van der Waals surface area contributed by atoms with Gasteiger partial charge in [-0.25, -0.2) is 0 Å². The van der Waals surface area contributed by atoms with Gasteiger partial charge in [0.2, 0.25) is 11.8 Å². The maximum Gasteiger partial charge on any atom is 0.279 e. The number of benzene rings is 1. The lowest BCUT2D eigenvalue weighted by Gasteiger charge is -2.11. The van der Waals surface area contributed by atoms with Crippen LogP contribution in [0.5, 0.6) is 0 Å². The van der Waals surface area contributed by atoms with Gasteiger partial charge in [-0.3, -0.25) is 14.4 Å². The van der Waals surface area contributed by atoms with E-state index < -0.39 is 6.04 Å². The van der Waals surface area contributed by atoms with E-state index in [0.29, 0.717) is 11.4 Å². The Hall–Kier alpha value is -2.02. The molecule has 1 saturated heterocycles. The van der Waals surface area contributed by atoms with Crippen LogP contribution in [-0.2, 0) is 16.0 Å². The van der Waals surface area contributed by atoms with Crippen LogP contribution in [-0.4, -0.2) is 35.4 Å². The van der Waals surface area contributed by atoms with Gasteiger partial charge in [-0.05, 0) is 24.1 Å². The third-order valence-corrected chi connectivity index (χ3v) is 3.91. The fraction of sp³-hybridized carbons (Fsp3) is 0.357. The minimum atomic E-state index is -0.557. The molecule has 2 rings (SSSR count). The first-order valence-electron chi connectivity index (χ1n) is 6.68. The molecule has 0 unspecified atom stereocenters. The van der Waals surface area contributed by atoms with Crippen LogP contribution in [0, 0.1) is 0 Å². The predicted octanol–water partition coefficient (Wildman–Crippen LogP) is 1.13. The lowest BCUT2D eigenvalue weighted by Crippen LogP contribution is -2.45. The van der Waals surface area contributed by atoms with Gasteiger partial charge in [-0.2, -0.15) is 0 Å². The van der Waals surface area contributed by atoms with Gasteiger partial charge in [0.05, 0.1) is 6.54 Å². The summed E-state index contributed by atoms with van der Waals surface area (Å²) < 4.78 is 0. The molecule has 112 valence electrons. The van der Waals surface area contributed by atoms with Gasteiger partial charge in [0.15, 0.2) is 0 Å². The number of hydrogen-bond donors (Lipinski definition) is 3. The number of thioether (sulfide) groups is 1. The molecule has 1 fully saturated rings. The molecule has 7 heteroatoms.